The number of aliphatic carboxylic acids is 1. The maximum Gasteiger partial charge on any atom is 0.303 e. The Morgan fingerprint density at radius 1 is 1.20 bits per heavy atom. The molecule has 0 aliphatic carbocycles. The van der Waals surface area contributed by atoms with Crippen molar-refractivity contribution in [3.8, 4) is 0 Å². The van der Waals surface area contributed by atoms with E-state index in [0.717, 1.165) is 0 Å². The molecule has 0 aromatic carbocycles. The third-order valence-electron chi connectivity index (χ3n) is 2.10. The van der Waals surface area contributed by atoms with E-state index in [-0.39, 0.29) is 17.9 Å². The van der Waals surface area contributed by atoms with Crippen LogP contribution in [0, 0.1) is 5.92 Å². The number of hydrogen-bond acceptors (Lipinski definition) is 3. The SMILES string of the molecule is CC(C)CCS(=O)(=O)CCCCC(=O)O. The molecule has 0 unspecified atom stereocenters. The average Bonchev–Trinajstić information content (AvgIpc) is 2.09. The van der Waals surface area contributed by atoms with Crippen LogP contribution in [0.15, 0.2) is 0 Å². The molecule has 0 saturated heterocycles. The maximum atomic E-state index is 11.4. The van der Waals surface area contributed by atoms with Crippen LogP contribution >= 0.6 is 0 Å². The zero-order chi connectivity index (χ0) is 11.9. The van der Waals surface area contributed by atoms with Crippen LogP contribution in [-0.4, -0.2) is 31.0 Å². The highest BCUT2D eigenvalue weighted by molar-refractivity contribution is 7.91. The average molecular weight is 236 g/mol. The van der Waals surface area contributed by atoms with Crippen LogP contribution in [0.2, 0.25) is 0 Å². The van der Waals surface area contributed by atoms with Crippen molar-refractivity contribution in [3.63, 3.8) is 0 Å². The lowest BCUT2D eigenvalue weighted by Crippen LogP contribution is -2.13. The Morgan fingerprint density at radius 2 is 1.80 bits per heavy atom. The molecular weight excluding hydrogens is 216 g/mol. The first-order valence-corrected chi connectivity index (χ1v) is 7.08. The van der Waals surface area contributed by atoms with Crippen LogP contribution in [-0.2, 0) is 14.6 Å². The minimum atomic E-state index is -2.97. The molecule has 0 bridgehead atoms. The van der Waals surface area contributed by atoms with Crippen molar-refractivity contribution in [2.75, 3.05) is 11.5 Å². The molecule has 0 rings (SSSR count). The Hall–Kier alpha value is -0.580. The first-order chi connectivity index (χ1) is 6.83. The van der Waals surface area contributed by atoms with Gasteiger partial charge in [-0.25, -0.2) is 8.42 Å². The largest absolute Gasteiger partial charge is 0.481 e. The normalized spacial score (nSPS) is 11.9. The molecule has 0 aliphatic rings. The molecule has 0 amide bonds. The first kappa shape index (κ1) is 14.4. The molecule has 0 spiro atoms. The molecule has 0 atom stereocenters. The van der Waals surface area contributed by atoms with Gasteiger partial charge in [-0.15, -0.1) is 0 Å². The number of sulfone groups is 1. The van der Waals surface area contributed by atoms with E-state index in [2.05, 4.69) is 0 Å². The fraction of sp³-hybridized carbons (Fsp3) is 0.900. The van der Waals surface area contributed by atoms with Crippen LogP contribution in [0.4, 0.5) is 0 Å². The lowest BCUT2D eigenvalue weighted by molar-refractivity contribution is -0.137. The van der Waals surface area contributed by atoms with Gasteiger partial charge in [0.1, 0.15) is 9.84 Å². The molecule has 15 heavy (non-hydrogen) atoms. The summed E-state index contributed by atoms with van der Waals surface area (Å²) in [5.41, 5.74) is 0. The second-order valence-corrected chi connectivity index (χ2v) is 6.49. The minimum Gasteiger partial charge on any atom is -0.481 e. The monoisotopic (exact) mass is 236 g/mol. The van der Waals surface area contributed by atoms with Crippen molar-refractivity contribution in [1.29, 1.82) is 0 Å². The summed E-state index contributed by atoms with van der Waals surface area (Å²) in [6.45, 7) is 3.97. The van der Waals surface area contributed by atoms with Crippen LogP contribution in [0.3, 0.4) is 0 Å². The topological polar surface area (TPSA) is 71.4 Å². The summed E-state index contributed by atoms with van der Waals surface area (Å²) >= 11 is 0. The number of carboxylic acids is 1. The highest BCUT2D eigenvalue weighted by atomic mass is 32.2. The van der Waals surface area contributed by atoms with Gasteiger partial charge in [0.05, 0.1) is 11.5 Å². The standard InChI is InChI=1S/C10H20O4S/c1-9(2)6-8-15(13,14)7-4-3-5-10(11)12/h9H,3-8H2,1-2H3,(H,11,12). The highest BCUT2D eigenvalue weighted by Crippen LogP contribution is 2.06. The summed E-state index contributed by atoms with van der Waals surface area (Å²) in [6.07, 6.45) is 1.63. The molecule has 4 nitrogen and oxygen atoms in total. The molecule has 0 aliphatic heterocycles. The molecule has 0 heterocycles. The number of unbranched alkanes of at least 4 members (excludes halogenated alkanes) is 1. The number of hydrogen-bond donors (Lipinski definition) is 1. The van der Waals surface area contributed by atoms with Gasteiger partial charge in [0, 0.05) is 6.42 Å². The van der Waals surface area contributed by atoms with Gasteiger partial charge in [-0.1, -0.05) is 13.8 Å². The maximum absolute atomic E-state index is 11.4. The molecule has 5 heteroatoms. The zero-order valence-corrected chi connectivity index (χ0v) is 10.2. The molecule has 0 aromatic heterocycles. The van der Waals surface area contributed by atoms with Gasteiger partial charge in [0.2, 0.25) is 0 Å². The fourth-order valence-electron chi connectivity index (χ4n) is 1.12. The Balaban J connectivity index is 3.70. The van der Waals surface area contributed by atoms with Gasteiger partial charge in [-0.3, -0.25) is 4.79 Å². The van der Waals surface area contributed by atoms with Crippen molar-refractivity contribution in [1.82, 2.24) is 0 Å². The second kappa shape index (κ2) is 6.82. The predicted octanol–water partition coefficient (Wildman–Crippen LogP) is 1.70. The van der Waals surface area contributed by atoms with E-state index in [1.54, 1.807) is 0 Å². The van der Waals surface area contributed by atoms with E-state index in [4.69, 9.17) is 5.11 Å². The quantitative estimate of drug-likeness (QED) is 0.651. The van der Waals surface area contributed by atoms with Gasteiger partial charge < -0.3 is 5.11 Å². The van der Waals surface area contributed by atoms with Crippen molar-refractivity contribution in [2.45, 2.75) is 39.5 Å². The molecule has 0 radical (unpaired) electrons. The van der Waals surface area contributed by atoms with E-state index < -0.39 is 15.8 Å². The second-order valence-electron chi connectivity index (χ2n) is 4.19. The third kappa shape index (κ3) is 9.72. The molecule has 1 N–H and O–H groups in total. The van der Waals surface area contributed by atoms with Crippen LogP contribution < -0.4 is 0 Å². The van der Waals surface area contributed by atoms with Crippen molar-refractivity contribution in [3.05, 3.63) is 0 Å². The van der Waals surface area contributed by atoms with E-state index in [0.29, 0.717) is 25.2 Å². The summed E-state index contributed by atoms with van der Waals surface area (Å²) in [7, 11) is -2.97. The van der Waals surface area contributed by atoms with E-state index in [1.807, 2.05) is 13.8 Å². The first-order valence-electron chi connectivity index (χ1n) is 5.25. The van der Waals surface area contributed by atoms with E-state index in [1.165, 1.54) is 0 Å². The lowest BCUT2D eigenvalue weighted by Gasteiger charge is -2.05. The van der Waals surface area contributed by atoms with Gasteiger partial charge in [-0.05, 0) is 25.2 Å². The number of rotatable bonds is 8. The molecule has 0 saturated carbocycles. The van der Waals surface area contributed by atoms with Crippen LogP contribution in [0.5, 0.6) is 0 Å². The van der Waals surface area contributed by atoms with Crippen LogP contribution in [0.1, 0.15) is 39.5 Å². The van der Waals surface area contributed by atoms with Crippen molar-refractivity contribution < 1.29 is 18.3 Å². The zero-order valence-electron chi connectivity index (χ0n) is 9.40. The van der Waals surface area contributed by atoms with Gasteiger partial charge in [0.25, 0.3) is 0 Å². The van der Waals surface area contributed by atoms with Gasteiger partial charge >= 0.3 is 5.97 Å². The number of carbonyl (C=O) groups is 1. The molecular formula is C10H20O4S. The number of carboxylic acid groups (broad SMARTS) is 1. The van der Waals surface area contributed by atoms with E-state index in [9.17, 15) is 13.2 Å². The molecule has 0 aromatic rings. The summed E-state index contributed by atoms with van der Waals surface area (Å²) in [5.74, 6) is -0.140. The molecule has 90 valence electrons. The molecule has 0 fully saturated rings. The summed E-state index contributed by atoms with van der Waals surface area (Å²) in [6, 6.07) is 0. The smallest absolute Gasteiger partial charge is 0.303 e. The summed E-state index contributed by atoms with van der Waals surface area (Å²) < 4.78 is 22.9. The van der Waals surface area contributed by atoms with Crippen LogP contribution in [0.25, 0.3) is 0 Å². The predicted molar refractivity (Wildman–Crippen MR) is 59.6 cm³/mol. The minimum absolute atomic E-state index is 0.0553. The van der Waals surface area contributed by atoms with Crippen molar-refractivity contribution in [2.24, 2.45) is 5.92 Å². The van der Waals surface area contributed by atoms with E-state index >= 15 is 0 Å². The Bertz CT molecular complexity index is 280. The summed E-state index contributed by atoms with van der Waals surface area (Å²) in [4.78, 5) is 10.2. The van der Waals surface area contributed by atoms with Crippen molar-refractivity contribution >= 4 is 15.8 Å². The Kier molecular flexibility index (Phi) is 6.56. The van der Waals surface area contributed by atoms with Gasteiger partial charge in [0.15, 0.2) is 0 Å². The Morgan fingerprint density at radius 3 is 2.27 bits per heavy atom. The fourth-order valence-corrected chi connectivity index (χ4v) is 2.79. The highest BCUT2D eigenvalue weighted by Gasteiger charge is 2.11. The third-order valence-corrected chi connectivity index (χ3v) is 3.87. The summed E-state index contributed by atoms with van der Waals surface area (Å²) in [5, 5.41) is 8.37. The lowest BCUT2D eigenvalue weighted by atomic mass is 10.2. The Labute approximate surface area is 91.6 Å². The van der Waals surface area contributed by atoms with Gasteiger partial charge in [-0.2, -0.15) is 0 Å².